The number of aryl methyl sites for hydroxylation is 2. The Bertz CT molecular complexity index is 2720. The van der Waals surface area contributed by atoms with Crippen LogP contribution in [0.2, 0.25) is 28.5 Å². The van der Waals surface area contributed by atoms with Crippen molar-refractivity contribution in [3.05, 3.63) is 111 Å². The van der Waals surface area contributed by atoms with Crippen LogP contribution >= 0.6 is 57.5 Å². The molecule has 0 aliphatic carbocycles. The minimum absolute atomic E-state index is 0.249. The fraction of sp³-hybridized carbons (Fsp3) is 0.304. The fourth-order valence-corrected chi connectivity index (χ4v) is 28.8. The van der Waals surface area contributed by atoms with Gasteiger partial charge < -0.3 is 11.5 Å². The predicted molar refractivity (Wildman–Crippen MR) is 267 cm³/mol. The summed E-state index contributed by atoms with van der Waals surface area (Å²) in [7, 11) is 0. The van der Waals surface area contributed by atoms with Crippen molar-refractivity contribution in [3.8, 4) is 33.1 Å². The Morgan fingerprint density at radius 1 is 0.565 bits per heavy atom. The van der Waals surface area contributed by atoms with Crippen LogP contribution in [0.1, 0.15) is 69.3 Å². The van der Waals surface area contributed by atoms with Crippen molar-refractivity contribution in [2.45, 2.75) is 86.5 Å². The van der Waals surface area contributed by atoms with Crippen molar-refractivity contribution in [1.29, 1.82) is 0 Å². The van der Waals surface area contributed by atoms with E-state index >= 15 is 0 Å². The van der Waals surface area contributed by atoms with E-state index in [1.54, 1.807) is 58.4 Å². The molecule has 6 aromatic heterocycles. The molecule has 0 aliphatic rings. The number of thiazole rings is 2. The number of benzene rings is 2. The zero-order chi connectivity index (χ0) is 44.2. The molecule has 322 valence electrons. The van der Waals surface area contributed by atoms with Crippen molar-refractivity contribution in [3.63, 3.8) is 0 Å². The molecule has 4 N–H and O–H groups in total. The van der Waals surface area contributed by atoms with Crippen LogP contribution in [0.15, 0.2) is 85.7 Å². The predicted octanol–water partition coefficient (Wildman–Crippen LogP) is 13.4. The molecule has 0 unspecified atom stereocenters. The molecule has 0 amide bonds. The normalized spacial score (nSPS) is 11.3. The van der Waals surface area contributed by atoms with Gasteiger partial charge in [0.1, 0.15) is 23.0 Å². The minimum atomic E-state index is -2.12. The topological polar surface area (TPSA) is 155 Å². The monoisotopic (exact) mass is 1030 g/mol. The van der Waals surface area contributed by atoms with E-state index in [1.165, 1.54) is 49.7 Å². The number of hydrogen-bond donors (Lipinski definition) is 2. The maximum Gasteiger partial charge on any atom is 0.157 e. The summed E-state index contributed by atoms with van der Waals surface area (Å²) in [5, 5.41) is 5.47. The minimum Gasteiger partial charge on any atom is -0.382 e. The first-order valence-electron chi connectivity index (χ1n) is 20.8. The van der Waals surface area contributed by atoms with Crippen LogP contribution in [0.4, 0.5) is 11.6 Å². The van der Waals surface area contributed by atoms with E-state index in [-0.39, 0.29) is 11.0 Å². The number of rotatable bonds is 13. The number of fused-ring (bicyclic) bond motifs is 2. The van der Waals surface area contributed by atoms with Crippen molar-refractivity contribution in [1.82, 2.24) is 39.9 Å². The summed E-state index contributed by atoms with van der Waals surface area (Å²) in [6.45, 7) is 11.1. The van der Waals surface area contributed by atoms with Gasteiger partial charge in [0.05, 0.1) is 49.1 Å². The molecule has 8 aromatic rings. The summed E-state index contributed by atoms with van der Waals surface area (Å²) in [6.07, 6.45) is 18.9. The van der Waals surface area contributed by atoms with Gasteiger partial charge in [0, 0.05) is 40.5 Å². The Kier molecular flexibility index (Phi) is 17.2. The first-order chi connectivity index (χ1) is 29.9. The molecule has 0 fully saturated rings. The standard InChI is InChI=1S/C17H12ClN5S.C13H8Cl2N4.C4H4NS.3C4H9.Sn/c1-9-21-7-13(24-9)17-16(22-8-14(19)23-17)11-5-10-3-2-4-20-15(10)12(18)6-11;14-9-5-8(4-7-2-1-3-17-11(7)9)12-13(15)19-10(16)6-18-12;1-4-5-2-3-6-4;3*1-3-4-2;/h2-8H,1H3,(H2,19,23);1-6H,(H2,16,19);2H,1H3;3*1,3-4H2,2H3;. The molecular weight excluding hydrogens is 982 g/mol. The van der Waals surface area contributed by atoms with Gasteiger partial charge in [-0.15, -0.1) is 11.3 Å². The Hall–Kier alpha value is -4.05. The third kappa shape index (κ3) is 11.9. The molecule has 0 bridgehead atoms. The number of anilines is 2. The van der Waals surface area contributed by atoms with Crippen LogP contribution in [0.25, 0.3) is 54.9 Å². The van der Waals surface area contributed by atoms with Gasteiger partial charge in [-0.1, -0.05) is 46.9 Å². The number of nitrogen functional groups attached to an aromatic ring is 2. The van der Waals surface area contributed by atoms with Gasteiger partial charge in [0.25, 0.3) is 0 Å². The van der Waals surface area contributed by atoms with Crippen LogP contribution in [-0.2, 0) is 0 Å². The average Bonchev–Trinajstić information content (AvgIpc) is 3.92. The van der Waals surface area contributed by atoms with Crippen molar-refractivity contribution < 1.29 is 0 Å². The molecule has 10 nitrogen and oxygen atoms in total. The second-order valence-electron chi connectivity index (χ2n) is 15.1. The second-order valence-corrected chi connectivity index (χ2v) is 32.9. The molecule has 0 atom stereocenters. The zero-order valence-electron chi connectivity index (χ0n) is 35.6. The Balaban J connectivity index is 0.000000157. The number of aromatic nitrogens is 8. The zero-order valence-corrected chi connectivity index (χ0v) is 42.4. The Labute approximate surface area is 390 Å². The third-order valence-electron chi connectivity index (χ3n) is 10.4. The van der Waals surface area contributed by atoms with Crippen LogP contribution in [0.3, 0.4) is 0 Å². The summed E-state index contributed by atoms with van der Waals surface area (Å²) in [4.78, 5) is 35.5. The second kappa shape index (κ2) is 22.5. The number of nitrogens with two attached hydrogens (primary N) is 2. The van der Waals surface area contributed by atoms with Gasteiger partial charge in [-0.25, -0.2) is 19.9 Å². The molecule has 6 heterocycles. The molecule has 8 rings (SSSR count). The first kappa shape index (κ1) is 47.4. The number of hydrogen-bond acceptors (Lipinski definition) is 12. The summed E-state index contributed by atoms with van der Waals surface area (Å²) in [5.41, 5.74) is 16.5. The molecule has 0 saturated heterocycles. The summed E-state index contributed by atoms with van der Waals surface area (Å²) < 4.78 is 6.45. The van der Waals surface area contributed by atoms with Crippen LogP contribution in [0.5, 0.6) is 0 Å². The molecule has 0 spiro atoms. The molecular formula is C46H51Cl3N10S2Sn. The average molecular weight is 1030 g/mol. The van der Waals surface area contributed by atoms with Gasteiger partial charge in [0.2, 0.25) is 0 Å². The van der Waals surface area contributed by atoms with Gasteiger partial charge in [-0.05, 0) is 43.3 Å². The number of pyridine rings is 2. The van der Waals surface area contributed by atoms with Crippen LogP contribution < -0.4 is 14.4 Å². The van der Waals surface area contributed by atoms with E-state index in [1.807, 2.05) is 60.7 Å². The molecule has 2 aromatic carbocycles. The largest absolute Gasteiger partial charge is 0.382 e. The smallest absolute Gasteiger partial charge is 0.157 e. The first-order valence-corrected chi connectivity index (χ1v) is 31.1. The molecule has 62 heavy (non-hydrogen) atoms. The summed E-state index contributed by atoms with van der Waals surface area (Å²) in [6, 6.07) is 15.2. The van der Waals surface area contributed by atoms with E-state index in [2.05, 4.69) is 73.8 Å². The number of unbranched alkanes of at least 4 members (excludes halogenated alkanes) is 3. The summed E-state index contributed by atoms with van der Waals surface area (Å²) in [5.74, 6) is 0.649. The van der Waals surface area contributed by atoms with E-state index in [4.69, 9.17) is 46.3 Å². The van der Waals surface area contributed by atoms with Crippen LogP contribution in [-0.4, -0.2) is 58.2 Å². The van der Waals surface area contributed by atoms with Gasteiger partial charge in [0.15, 0.2) is 5.15 Å². The SMILES string of the molecule is CCC[CH2][Sn]([CH2]CCC)([CH2]CCC)[c]1cnc(C)s1.Cc1ncc(-c2nc(N)cnc2-c2cc(Cl)c3ncccc3c2)s1.Nc1cnc(-c2cc(Cl)c3ncccc3c2)c(Cl)n1. The number of nitrogens with zero attached hydrogens (tertiary/aromatic N) is 8. The van der Waals surface area contributed by atoms with E-state index in [0.29, 0.717) is 27.3 Å². The maximum atomic E-state index is 6.40. The number of halogens is 3. The van der Waals surface area contributed by atoms with Crippen molar-refractivity contribution >= 4 is 112 Å². The van der Waals surface area contributed by atoms with E-state index < -0.39 is 18.4 Å². The molecule has 0 radical (unpaired) electrons. The quantitative estimate of drug-likeness (QED) is 0.107. The fourth-order valence-electron chi connectivity index (χ4n) is 7.30. The van der Waals surface area contributed by atoms with Gasteiger partial charge in [-0.3, -0.25) is 15.0 Å². The molecule has 0 saturated carbocycles. The molecule has 0 aliphatic heterocycles. The summed E-state index contributed by atoms with van der Waals surface area (Å²) >= 11 is 20.1. The molecule has 16 heteroatoms. The van der Waals surface area contributed by atoms with E-state index in [9.17, 15) is 0 Å². The Morgan fingerprint density at radius 3 is 1.55 bits per heavy atom. The Morgan fingerprint density at radius 2 is 1.06 bits per heavy atom. The van der Waals surface area contributed by atoms with E-state index in [0.717, 1.165) is 48.5 Å². The maximum absolute atomic E-state index is 6.40. The third-order valence-corrected chi connectivity index (χ3v) is 31.3. The van der Waals surface area contributed by atoms with Crippen molar-refractivity contribution in [2.24, 2.45) is 0 Å². The van der Waals surface area contributed by atoms with Crippen molar-refractivity contribution in [2.75, 3.05) is 11.5 Å². The van der Waals surface area contributed by atoms with Gasteiger partial charge in [-0.2, -0.15) is 0 Å². The van der Waals surface area contributed by atoms with Crippen LogP contribution in [0, 0.1) is 13.8 Å². The van der Waals surface area contributed by atoms with Gasteiger partial charge >= 0.3 is 128 Å².